The lowest BCUT2D eigenvalue weighted by atomic mass is 9.94. The van der Waals surface area contributed by atoms with E-state index < -0.39 is 14.4 Å². The third-order valence-corrected chi connectivity index (χ3v) is 8.38. The predicted molar refractivity (Wildman–Crippen MR) is 77.8 cm³/mol. The van der Waals surface area contributed by atoms with Crippen LogP contribution >= 0.6 is 0 Å². The molecule has 0 saturated carbocycles. The molecule has 0 N–H and O–H groups in total. The Balaban J connectivity index is 2.90. The number of hydrogen-bond acceptors (Lipinski definition) is 2. The zero-order valence-corrected chi connectivity index (χ0v) is 13.2. The van der Waals surface area contributed by atoms with Gasteiger partial charge in [0.15, 0.2) is 14.1 Å². The normalized spacial score (nSPS) is 19.1. The fourth-order valence-corrected chi connectivity index (χ4v) is 2.83. The number of terminal acetylenes is 1. The molecule has 1 rings (SSSR count). The average molecular weight is 264 g/mol. The number of hydrogen-bond donors (Lipinski definition) is 0. The standard InChI is InChI=1S/C15H24O2Si/c1-7-14(12-10-8-9-11-13(12)16)17-18(5,6)15(2,3)4/h1,10,14H,8-9,11H2,2-6H3. The van der Waals surface area contributed by atoms with Gasteiger partial charge in [0.1, 0.15) is 6.10 Å². The van der Waals surface area contributed by atoms with Gasteiger partial charge in [-0.05, 0) is 31.0 Å². The molecule has 0 fully saturated rings. The molecule has 0 aromatic rings. The van der Waals surface area contributed by atoms with E-state index in [2.05, 4.69) is 39.8 Å². The van der Waals surface area contributed by atoms with Crippen LogP contribution in [0.25, 0.3) is 0 Å². The highest BCUT2D eigenvalue weighted by molar-refractivity contribution is 6.74. The topological polar surface area (TPSA) is 26.3 Å². The van der Waals surface area contributed by atoms with Crippen molar-refractivity contribution in [3.05, 3.63) is 11.6 Å². The first-order valence-electron chi connectivity index (χ1n) is 6.56. The van der Waals surface area contributed by atoms with E-state index in [0.29, 0.717) is 12.0 Å². The van der Waals surface area contributed by atoms with Crippen LogP contribution in [0.3, 0.4) is 0 Å². The Hall–Kier alpha value is -0.853. The zero-order chi connectivity index (χ0) is 14.0. The second-order valence-corrected chi connectivity index (χ2v) is 11.2. The SMILES string of the molecule is C#CC(O[Si](C)(C)C(C)(C)C)C1=CCCCC1=O. The van der Waals surface area contributed by atoms with Crippen molar-refractivity contribution in [2.24, 2.45) is 0 Å². The van der Waals surface area contributed by atoms with Gasteiger partial charge in [-0.1, -0.05) is 32.8 Å². The van der Waals surface area contributed by atoms with Crippen LogP contribution in [-0.2, 0) is 9.22 Å². The molecule has 0 aliphatic heterocycles. The van der Waals surface area contributed by atoms with E-state index in [0.717, 1.165) is 12.8 Å². The molecule has 0 amide bonds. The van der Waals surface area contributed by atoms with E-state index in [1.807, 2.05) is 6.08 Å². The van der Waals surface area contributed by atoms with Gasteiger partial charge in [-0.15, -0.1) is 6.42 Å². The maximum atomic E-state index is 11.9. The lowest BCUT2D eigenvalue weighted by molar-refractivity contribution is -0.116. The highest BCUT2D eigenvalue weighted by Crippen LogP contribution is 2.38. The van der Waals surface area contributed by atoms with Gasteiger partial charge in [0.25, 0.3) is 0 Å². The van der Waals surface area contributed by atoms with Crippen LogP contribution in [0.4, 0.5) is 0 Å². The number of carbonyl (C=O) groups is 1. The highest BCUT2D eigenvalue weighted by Gasteiger charge is 2.40. The van der Waals surface area contributed by atoms with Gasteiger partial charge in [0, 0.05) is 12.0 Å². The number of allylic oxidation sites excluding steroid dienone is 1. The summed E-state index contributed by atoms with van der Waals surface area (Å²) in [6.45, 7) is 10.8. The Labute approximate surface area is 112 Å². The third-order valence-electron chi connectivity index (χ3n) is 3.95. The Bertz CT molecular complexity index is 394. The van der Waals surface area contributed by atoms with E-state index in [1.165, 1.54) is 0 Å². The smallest absolute Gasteiger partial charge is 0.194 e. The molecule has 0 spiro atoms. The van der Waals surface area contributed by atoms with E-state index in [4.69, 9.17) is 10.8 Å². The van der Waals surface area contributed by atoms with E-state index >= 15 is 0 Å². The molecule has 1 aliphatic carbocycles. The molecular formula is C15H24O2Si. The monoisotopic (exact) mass is 264 g/mol. The average Bonchev–Trinajstić information content (AvgIpc) is 2.25. The summed E-state index contributed by atoms with van der Waals surface area (Å²) in [5.74, 6) is 2.81. The molecule has 1 atom stereocenters. The number of rotatable bonds is 3. The largest absolute Gasteiger partial charge is 0.399 e. The molecule has 0 saturated heterocycles. The van der Waals surface area contributed by atoms with E-state index in [1.54, 1.807) is 0 Å². The fourth-order valence-electron chi connectivity index (χ4n) is 1.69. The number of carbonyl (C=O) groups excluding carboxylic acids is 1. The maximum Gasteiger partial charge on any atom is 0.194 e. The zero-order valence-electron chi connectivity index (χ0n) is 12.2. The van der Waals surface area contributed by atoms with Crippen molar-refractivity contribution in [1.82, 2.24) is 0 Å². The Morgan fingerprint density at radius 2 is 2.06 bits per heavy atom. The minimum absolute atomic E-state index is 0.0976. The first kappa shape index (κ1) is 15.2. The van der Waals surface area contributed by atoms with Gasteiger partial charge in [-0.25, -0.2) is 0 Å². The Morgan fingerprint density at radius 3 is 2.50 bits per heavy atom. The molecule has 1 unspecified atom stereocenters. The second kappa shape index (κ2) is 5.42. The van der Waals surface area contributed by atoms with Crippen molar-refractivity contribution < 1.29 is 9.22 Å². The molecule has 2 nitrogen and oxygen atoms in total. The maximum absolute atomic E-state index is 11.9. The van der Waals surface area contributed by atoms with Crippen LogP contribution in [0.2, 0.25) is 18.1 Å². The van der Waals surface area contributed by atoms with Gasteiger partial charge in [0.2, 0.25) is 0 Å². The van der Waals surface area contributed by atoms with Crippen molar-refractivity contribution in [3.8, 4) is 12.3 Å². The predicted octanol–water partition coefficient (Wildman–Crippen LogP) is 3.69. The molecule has 0 bridgehead atoms. The van der Waals surface area contributed by atoms with Gasteiger partial charge >= 0.3 is 0 Å². The molecule has 0 radical (unpaired) electrons. The van der Waals surface area contributed by atoms with Gasteiger partial charge in [0.05, 0.1) is 0 Å². The quantitative estimate of drug-likeness (QED) is 0.574. The molecule has 100 valence electrons. The molecule has 0 heterocycles. The Kier molecular flexibility index (Phi) is 4.58. The minimum Gasteiger partial charge on any atom is -0.399 e. The molecule has 1 aliphatic rings. The molecule has 0 aromatic carbocycles. The number of Topliss-reactive ketones (excluding diaryl/α,β-unsaturated/α-hetero) is 1. The van der Waals surface area contributed by atoms with Crippen molar-refractivity contribution in [2.45, 2.75) is 64.3 Å². The summed E-state index contributed by atoms with van der Waals surface area (Å²) in [5.41, 5.74) is 0.702. The number of ketones is 1. The van der Waals surface area contributed by atoms with Crippen LogP contribution in [0.1, 0.15) is 40.0 Å². The van der Waals surface area contributed by atoms with E-state index in [-0.39, 0.29) is 10.8 Å². The van der Waals surface area contributed by atoms with Gasteiger partial charge in [-0.3, -0.25) is 4.79 Å². The van der Waals surface area contributed by atoms with Crippen LogP contribution < -0.4 is 0 Å². The summed E-state index contributed by atoms with van der Waals surface area (Å²) in [4.78, 5) is 11.9. The van der Waals surface area contributed by atoms with Crippen LogP contribution in [0, 0.1) is 12.3 Å². The molecule has 0 aromatic heterocycles. The van der Waals surface area contributed by atoms with Crippen LogP contribution in [0.15, 0.2) is 11.6 Å². The summed E-state index contributed by atoms with van der Waals surface area (Å²) >= 11 is 0. The molecule has 3 heteroatoms. The lowest BCUT2D eigenvalue weighted by Gasteiger charge is -2.38. The first-order chi connectivity index (χ1) is 8.19. The van der Waals surface area contributed by atoms with Crippen LogP contribution in [0.5, 0.6) is 0 Å². The van der Waals surface area contributed by atoms with Crippen molar-refractivity contribution >= 4 is 14.1 Å². The van der Waals surface area contributed by atoms with Gasteiger partial charge < -0.3 is 4.43 Å². The minimum atomic E-state index is -1.94. The fraction of sp³-hybridized carbons (Fsp3) is 0.667. The second-order valence-electron chi connectivity index (χ2n) is 6.40. The van der Waals surface area contributed by atoms with Crippen molar-refractivity contribution in [1.29, 1.82) is 0 Å². The molecule has 18 heavy (non-hydrogen) atoms. The lowest BCUT2D eigenvalue weighted by Crippen LogP contribution is -2.44. The van der Waals surface area contributed by atoms with Gasteiger partial charge in [-0.2, -0.15) is 0 Å². The summed E-state index contributed by atoms with van der Waals surface area (Å²) in [6.07, 6.45) is 9.54. The molecular weight excluding hydrogens is 240 g/mol. The van der Waals surface area contributed by atoms with Crippen molar-refractivity contribution in [2.75, 3.05) is 0 Å². The van der Waals surface area contributed by atoms with Crippen molar-refractivity contribution in [3.63, 3.8) is 0 Å². The summed E-state index contributed by atoms with van der Waals surface area (Å²) in [5, 5.41) is 0.0976. The summed E-state index contributed by atoms with van der Waals surface area (Å²) in [7, 11) is -1.94. The summed E-state index contributed by atoms with van der Waals surface area (Å²) < 4.78 is 6.18. The Morgan fingerprint density at radius 1 is 1.44 bits per heavy atom. The highest BCUT2D eigenvalue weighted by atomic mass is 28.4. The van der Waals surface area contributed by atoms with E-state index in [9.17, 15) is 4.79 Å². The first-order valence-corrected chi connectivity index (χ1v) is 9.47. The summed E-state index contributed by atoms with van der Waals surface area (Å²) in [6, 6.07) is 0. The third kappa shape index (κ3) is 3.34. The van der Waals surface area contributed by atoms with Crippen LogP contribution in [-0.4, -0.2) is 20.2 Å².